The molecule has 37 heavy (non-hydrogen) atoms. The number of aromatic hydroxyl groups is 1. The zero-order valence-corrected chi connectivity index (χ0v) is 21.2. The first-order valence-corrected chi connectivity index (χ1v) is 12.4. The lowest BCUT2D eigenvalue weighted by Gasteiger charge is -2.40. The average molecular weight is 516 g/mol. The van der Waals surface area contributed by atoms with Crippen LogP contribution >= 0.6 is 0 Å². The summed E-state index contributed by atoms with van der Waals surface area (Å²) in [6, 6.07) is 7.05. The van der Waals surface area contributed by atoms with Gasteiger partial charge in [-0.25, -0.2) is 0 Å². The van der Waals surface area contributed by atoms with E-state index in [0.29, 0.717) is 24.5 Å². The van der Waals surface area contributed by atoms with Gasteiger partial charge in [0.05, 0.1) is 46.0 Å². The number of hydrogen-bond acceptors (Lipinski definition) is 10. The molecule has 1 aliphatic carbocycles. The molecular weight excluding hydrogens is 482 g/mol. The van der Waals surface area contributed by atoms with Gasteiger partial charge in [-0.3, -0.25) is 9.69 Å². The predicted molar refractivity (Wildman–Crippen MR) is 132 cm³/mol. The van der Waals surface area contributed by atoms with Gasteiger partial charge >= 0.3 is 5.97 Å². The van der Waals surface area contributed by atoms with Gasteiger partial charge in [0.1, 0.15) is 0 Å². The number of likely N-dealkylation sites (N-methyl/N-ethyl adjacent to an activating group) is 1. The maximum absolute atomic E-state index is 13.2. The molecule has 200 valence electrons. The van der Waals surface area contributed by atoms with Crippen LogP contribution in [-0.4, -0.2) is 86.7 Å². The molecule has 3 aliphatic rings. The molecule has 1 unspecified atom stereocenters. The summed E-state index contributed by atoms with van der Waals surface area (Å²) in [6.45, 7) is 0.729. The Morgan fingerprint density at radius 2 is 1.62 bits per heavy atom. The number of benzene rings is 2. The van der Waals surface area contributed by atoms with E-state index in [-0.39, 0.29) is 73.6 Å². The van der Waals surface area contributed by atoms with Crippen LogP contribution in [0.5, 0.6) is 28.7 Å². The van der Waals surface area contributed by atoms with Gasteiger partial charge in [-0.2, -0.15) is 0 Å². The molecule has 10 heteroatoms. The number of aliphatic hydroxyl groups is 2. The lowest BCUT2D eigenvalue weighted by Crippen LogP contribution is -2.40. The maximum atomic E-state index is 13.2. The Hall–Kier alpha value is -3.21. The van der Waals surface area contributed by atoms with Gasteiger partial charge in [0, 0.05) is 11.8 Å². The van der Waals surface area contributed by atoms with E-state index in [9.17, 15) is 20.1 Å². The Kier molecular flexibility index (Phi) is 7.06. The van der Waals surface area contributed by atoms with Crippen molar-refractivity contribution in [1.82, 2.24) is 4.90 Å². The summed E-state index contributed by atoms with van der Waals surface area (Å²) in [4.78, 5) is 15.2. The van der Waals surface area contributed by atoms with E-state index < -0.39 is 5.92 Å². The van der Waals surface area contributed by atoms with Gasteiger partial charge in [0.2, 0.25) is 12.5 Å². The Morgan fingerprint density at radius 1 is 1.00 bits per heavy atom. The smallest absolute Gasteiger partial charge is 0.310 e. The van der Waals surface area contributed by atoms with Gasteiger partial charge in [-0.1, -0.05) is 0 Å². The summed E-state index contributed by atoms with van der Waals surface area (Å²) in [5.74, 6) is 0.412. The molecule has 0 amide bonds. The second-order valence-corrected chi connectivity index (χ2v) is 9.80. The molecule has 1 fully saturated rings. The van der Waals surface area contributed by atoms with Crippen molar-refractivity contribution in [2.24, 2.45) is 11.8 Å². The fourth-order valence-electron chi connectivity index (χ4n) is 6.00. The van der Waals surface area contributed by atoms with Gasteiger partial charge in [-0.05, 0) is 66.9 Å². The maximum Gasteiger partial charge on any atom is 0.310 e. The summed E-state index contributed by atoms with van der Waals surface area (Å²) >= 11 is 0. The molecule has 2 aliphatic heterocycles. The van der Waals surface area contributed by atoms with Crippen molar-refractivity contribution in [3.63, 3.8) is 0 Å². The van der Waals surface area contributed by atoms with Crippen molar-refractivity contribution in [1.29, 1.82) is 0 Å². The van der Waals surface area contributed by atoms with E-state index in [4.69, 9.17) is 23.7 Å². The number of phenolic OH excluding ortho intramolecular Hbond substituents is 1. The summed E-state index contributed by atoms with van der Waals surface area (Å²) in [7, 11) is 4.80. The largest absolute Gasteiger partial charge is 0.502 e. The van der Waals surface area contributed by atoms with Gasteiger partial charge < -0.3 is 39.0 Å². The van der Waals surface area contributed by atoms with E-state index in [2.05, 4.69) is 0 Å². The highest BCUT2D eigenvalue weighted by Crippen LogP contribution is 2.56. The number of fused-ring (bicyclic) bond motifs is 3. The number of rotatable bonds is 9. The number of aliphatic hydroxyl groups excluding tert-OH is 2. The van der Waals surface area contributed by atoms with Crippen LogP contribution in [-0.2, 0) is 9.53 Å². The van der Waals surface area contributed by atoms with Crippen molar-refractivity contribution < 1.29 is 43.8 Å². The second kappa shape index (κ2) is 10.3. The van der Waals surface area contributed by atoms with Crippen LogP contribution in [0.3, 0.4) is 0 Å². The molecule has 0 bridgehead atoms. The summed E-state index contributed by atoms with van der Waals surface area (Å²) in [6.07, 6.45) is 0.687. The summed E-state index contributed by atoms with van der Waals surface area (Å²) in [5.41, 5.74) is 2.72. The topological polar surface area (TPSA) is 127 Å². The third-order valence-corrected chi connectivity index (χ3v) is 8.04. The fourth-order valence-corrected chi connectivity index (χ4v) is 6.00. The van der Waals surface area contributed by atoms with Gasteiger partial charge in [-0.15, -0.1) is 0 Å². The van der Waals surface area contributed by atoms with Crippen molar-refractivity contribution >= 4 is 5.97 Å². The second-order valence-electron chi connectivity index (χ2n) is 9.80. The van der Waals surface area contributed by atoms with Crippen molar-refractivity contribution in [2.45, 2.75) is 24.3 Å². The van der Waals surface area contributed by atoms with E-state index >= 15 is 0 Å². The minimum Gasteiger partial charge on any atom is -0.502 e. The first kappa shape index (κ1) is 25.4. The number of ether oxygens (including phenoxy) is 5. The zero-order chi connectivity index (χ0) is 26.3. The number of esters is 1. The summed E-state index contributed by atoms with van der Waals surface area (Å²) in [5, 5.41) is 29.7. The molecule has 4 atom stereocenters. The third-order valence-electron chi connectivity index (χ3n) is 8.04. The van der Waals surface area contributed by atoms with Crippen LogP contribution in [0.15, 0.2) is 24.3 Å². The van der Waals surface area contributed by atoms with Crippen LogP contribution < -0.4 is 18.9 Å². The van der Waals surface area contributed by atoms with Gasteiger partial charge in [0.15, 0.2) is 23.0 Å². The highest BCUT2D eigenvalue weighted by Gasteiger charge is 2.52. The van der Waals surface area contributed by atoms with Crippen LogP contribution in [0.1, 0.15) is 34.9 Å². The molecule has 2 aromatic carbocycles. The van der Waals surface area contributed by atoms with Crippen LogP contribution in [0.2, 0.25) is 0 Å². The highest BCUT2D eigenvalue weighted by atomic mass is 16.7. The van der Waals surface area contributed by atoms with Crippen LogP contribution in [0.4, 0.5) is 0 Å². The fraction of sp³-hybridized carbons (Fsp3) is 0.519. The molecule has 2 heterocycles. The number of cyclic esters (lactones) is 1. The molecule has 1 saturated heterocycles. The molecule has 0 saturated carbocycles. The quantitative estimate of drug-likeness (QED) is 0.426. The Morgan fingerprint density at radius 3 is 2.22 bits per heavy atom. The van der Waals surface area contributed by atoms with E-state index in [1.54, 1.807) is 12.1 Å². The van der Waals surface area contributed by atoms with E-state index in [1.807, 2.05) is 24.1 Å². The standard InChI is InChI=1S/C27H33NO9/c1-28(15(10-29)11-30)5-4-16-17-8-20-21(37-13-36-20)9-18(17)24(25-19(16)12-35-27(25)32)14-6-22(33-2)26(31)23(7-14)34-3/h6-9,15-16,19,24-25,29-31H,4-5,10-13H2,1-3H3/t16-,19?,24-,25+/m1/s1. The Bertz CT molecular complexity index is 1140. The molecule has 2 aromatic rings. The molecule has 5 rings (SSSR count). The first-order valence-electron chi connectivity index (χ1n) is 12.4. The molecule has 0 radical (unpaired) electrons. The van der Waals surface area contributed by atoms with E-state index in [1.165, 1.54) is 14.2 Å². The number of carbonyl (C=O) groups is 1. The number of methoxy groups -OCH3 is 2. The molecular formula is C27H33NO9. The van der Waals surface area contributed by atoms with E-state index in [0.717, 1.165) is 16.7 Å². The minimum absolute atomic E-state index is 0.0291. The predicted octanol–water partition coefficient (Wildman–Crippen LogP) is 1.83. The number of phenols is 1. The first-order chi connectivity index (χ1) is 17.9. The lowest BCUT2D eigenvalue weighted by molar-refractivity contribution is -0.141. The average Bonchev–Trinajstić information content (AvgIpc) is 3.52. The molecule has 3 N–H and O–H groups in total. The number of hydrogen-bond donors (Lipinski definition) is 3. The van der Waals surface area contributed by atoms with Crippen LogP contribution in [0.25, 0.3) is 0 Å². The van der Waals surface area contributed by atoms with Crippen molar-refractivity contribution in [3.05, 3.63) is 41.0 Å². The summed E-state index contributed by atoms with van der Waals surface area (Å²) < 4.78 is 27.9. The van der Waals surface area contributed by atoms with Crippen molar-refractivity contribution in [2.75, 3.05) is 54.4 Å². The Labute approximate surface area is 215 Å². The number of nitrogens with zero attached hydrogens (tertiary/aromatic N) is 1. The highest BCUT2D eigenvalue weighted by molar-refractivity contribution is 5.79. The van der Waals surface area contributed by atoms with Crippen molar-refractivity contribution in [3.8, 4) is 28.7 Å². The normalized spacial score (nSPS) is 23.7. The number of carbonyl (C=O) groups excluding carboxylic acids is 1. The monoisotopic (exact) mass is 515 g/mol. The minimum atomic E-state index is -0.464. The van der Waals surface area contributed by atoms with Crippen LogP contribution in [0, 0.1) is 11.8 Å². The van der Waals surface area contributed by atoms with Gasteiger partial charge in [0.25, 0.3) is 0 Å². The molecule has 0 aromatic heterocycles. The zero-order valence-electron chi connectivity index (χ0n) is 21.2. The SMILES string of the molecule is COc1cc([C@@H]2c3cc4c(cc3[C@@H](CCN(C)C(CO)CO)C3COC(=O)[C@@H]32)OCO4)cc(OC)c1O. The molecule has 10 nitrogen and oxygen atoms in total. The Balaban J connectivity index is 1.63. The molecule has 0 spiro atoms. The lowest BCUT2D eigenvalue weighted by atomic mass is 9.62. The third kappa shape index (κ3) is 4.32.